The number of ether oxygens (including phenoxy) is 1. The molecule has 1 saturated heterocycles. The molecule has 1 aliphatic rings. The van der Waals surface area contributed by atoms with Crippen molar-refractivity contribution in [2.75, 3.05) is 31.1 Å². The topological polar surface area (TPSA) is 32.8 Å². The van der Waals surface area contributed by atoms with Crippen LogP contribution in [0.3, 0.4) is 0 Å². The molecule has 0 saturated carbocycles. The minimum absolute atomic E-state index is 0.252. The summed E-state index contributed by atoms with van der Waals surface area (Å²) in [7, 11) is 0. The van der Waals surface area contributed by atoms with Crippen LogP contribution in [-0.4, -0.2) is 42.8 Å². The van der Waals surface area contributed by atoms with E-state index in [0.29, 0.717) is 23.1 Å². The quantitative estimate of drug-likeness (QED) is 0.758. The van der Waals surface area contributed by atoms with Crippen LogP contribution in [0, 0.1) is 6.92 Å². The number of aryl methyl sites for hydroxylation is 1. The normalized spacial score (nSPS) is 15.9. The van der Waals surface area contributed by atoms with Crippen LogP contribution in [0.4, 0.5) is 10.5 Å². The number of halogens is 2. The SMILES string of the molecule is Cc1cc(Cl)c(Cl)cc1N1CCN(C(=O)OC(C)(C)C)CC1. The summed E-state index contributed by atoms with van der Waals surface area (Å²) in [5.41, 5.74) is 1.69. The summed E-state index contributed by atoms with van der Waals surface area (Å²) in [4.78, 5) is 16.0. The summed E-state index contributed by atoms with van der Waals surface area (Å²) >= 11 is 12.1. The van der Waals surface area contributed by atoms with E-state index in [1.807, 2.05) is 39.8 Å². The molecule has 1 aromatic rings. The molecule has 0 aromatic heterocycles. The molecule has 6 heteroatoms. The molecular formula is C16H22Cl2N2O2. The Morgan fingerprint density at radius 1 is 1.09 bits per heavy atom. The van der Waals surface area contributed by atoms with Gasteiger partial charge in [0.25, 0.3) is 0 Å². The van der Waals surface area contributed by atoms with Crippen LogP contribution in [0.1, 0.15) is 26.3 Å². The van der Waals surface area contributed by atoms with Gasteiger partial charge in [-0.15, -0.1) is 0 Å². The van der Waals surface area contributed by atoms with E-state index in [9.17, 15) is 4.79 Å². The summed E-state index contributed by atoms with van der Waals surface area (Å²) in [5, 5.41) is 1.12. The van der Waals surface area contributed by atoms with Gasteiger partial charge in [-0.2, -0.15) is 0 Å². The molecule has 0 spiro atoms. The van der Waals surface area contributed by atoms with Gasteiger partial charge in [-0.25, -0.2) is 4.79 Å². The lowest BCUT2D eigenvalue weighted by atomic mass is 10.1. The Kier molecular flexibility index (Phi) is 5.13. The molecule has 0 atom stereocenters. The first-order valence-electron chi connectivity index (χ1n) is 7.36. The van der Waals surface area contributed by atoms with Crippen LogP contribution in [0.15, 0.2) is 12.1 Å². The van der Waals surface area contributed by atoms with Gasteiger partial charge in [0.15, 0.2) is 0 Å². The molecule has 0 bridgehead atoms. The zero-order valence-corrected chi connectivity index (χ0v) is 15.0. The van der Waals surface area contributed by atoms with Crippen LogP contribution in [0.2, 0.25) is 10.0 Å². The van der Waals surface area contributed by atoms with Crippen molar-refractivity contribution in [2.45, 2.75) is 33.3 Å². The highest BCUT2D eigenvalue weighted by Gasteiger charge is 2.26. The van der Waals surface area contributed by atoms with Crippen molar-refractivity contribution in [2.24, 2.45) is 0 Å². The number of carbonyl (C=O) groups is 1. The second-order valence-electron chi connectivity index (χ2n) is 6.51. The average molecular weight is 345 g/mol. The standard InChI is InChI=1S/C16H22Cl2N2O2/c1-11-9-12(17)13(18)10-14(11)19-5-7-20(8-6-19)15(21)22-16(2,3)4/h9-10H,5-8H2,1-4H3. The minimum atomic E-state index is -0.464. The molecule has 122 valence electrons. The zero-order chi connectivity index (χ0) is 16.5. The molecule has 0 N–H and O–H groups in total. The number of hydrogen-bond acceptors (Lipinski definition) is 3. The maximum atomic E-state index is 12.1. The Hall–Kier alpha value is -1.13. The van der Waals surface area contributed by atoms with Gasteiger partial charge in [0.2, 0.25) is 0 Å². The van der Waals surface area contributed by atoms with Gasteiger partial charge in [-0.3, -0.25) is 0 Å². The van der Waals surface area contributed by atoms with E-state index in [-0.39, 0.29) is 6.09 Å². The Labute approximate surface area is 141 Å². The number of hydrogen-bond donors (Lipinski definition) is 0. The van der Waals surface area contributed by atoms with Crippen molar-refractivity contribution in [3.05, 3.63) is 27.7 Å². The van der Waals surface area contributed by atoms with Gasteiger partial charge in [0.05, 0.1) is 10.0 Å². The number of carbonyl (C=O) groups excluding carboxylic acids is 1. The van der Waals surface area contributed by atoms with Crippen molar-refractivity contribution >= 4 is 35.0 Å². The smallest absolute Gasteiger partial charge is 0.410 e. The predicted octanol–water partition coefficient (Wildman–Crippen LogP) is 4.36. The first kappa shape index (κ1) is 17.2. The van der Waals surface area contributed by atoms with Crippen LogP contribution in [0.5, 0.6) is 0 Å². The Bertz CT molecular complexity index is 562. The fourth-order valence-corrected chi connectivity index (χ4v) is 2.81. The van der Waals surface area contributed by atoms with E-state index in [4.69, 9.17) is 27.9 Å². The summed E-state index contributed by atoms with van der Waals surface area (Å²) in [6, 6.07) is 3.77. The van der Waals surface area contributed by atoms with Gasteiger partial charge in [-0.1, -0.05) is 23.2 Å². The van der Waals surface area contributed by atoms with Crippen molar-refractivity contribution in [1.82, 2.24) is 4.90 Å². The summed E-state index contributed by atoms with van der Waals surface area (Å²) in [6.45, 7) is 10.4. The molecule has 1 amide bonds. The van der Waals surface area contributed by atoms with Gasteiger partial charge < -0.3 is 14.5 Å². The van der Waals surface area contributed by atoms with E-state index in [1.165, 1.54) is 0 Å². The Balaban J connectivity index is 2.01. The van der Waals surface area contributed by atoms with E-state index in [1.54, 1.807) is 4.90 Å². The molecule has 22 heavy (non-hydrogen) atoms. The third-order valence-electron chi connectivity index (χ3n) is 3.51. The molecule has 1 aromatic carbocycles. The molecular weight excluding hydrogens is 323 g/mol. The van der Waals surface area contributed by atoms with Crippen molar-refractivity contribution in [3.8, 4) is 0 Å². The highest BCUT2D eigenvalue weighted by atomic mass is 35.5. The fourth-order valence-electron chi connectivity index (χ4n) is 2.43. The van der Waals surface area contributed by atoms with Gasteiger partial charge >= 0.3 is 6.09 Å². The van der Waals surface area contributed by atoms with Gasteiger partial charge in [0.1, 0.15) is 5.60 Å². The lowest BCUT2D eigenvalue weighted by molar-refractivity contribution is 0.0240. The van der Waals surface area contributed by atoms with Gasteiger partial charge in [0, 0.05) is 31.9 Å². The summed E-state index contributed by atoms with van der Waals surface area (Å²) in [5.74, 6) is 0. The molecule has 1 fully saturated rings. The second-order valence-corrected chi connectivity index (χ2v) is 7.32. The van der Waals surface area contributed by atoms with E-state index < -0.39 is 5.60 Å². The van der Waals surface area contributed by atoms with Gasteiger partial charge in [-0.05, 0) is 45.4 Å². The molecule has 0 aliphatic carbocycles. The lowest BCUT2D eigenvalue weighted by Crippen LogP contribution is -2.50. The van der Waals surface area contributed by atoms with E-state index in [0.717, 1.165) is 24.3 Å². The molecule has 0 radical (unpaired) electrons. The predicted molar refractivity (Wildman–Crippen MR) is 91.2 cm³/mol. The molecule has 0 unspecified atom stereocenters. The van der Waals surface area contributed by atoms with Crippen LogP contribution in [0.25, 0.3) is 0 Å². The average Bonchev–Trinajstić information content (AvgIpc) is 2.41. The molecule has 1 aliphatic heterocycles. The highest BCUT2D eigenvalue weighted by molar-refractivity contribution is 6.42. The maximum absolute atomic E-state index is 12.1. The van der Waals surface area contributed by atoms with Crippen LogP contribution < -0.4 is 4.90 Å². The molecule has 2 rings (SSSR count). The van der Waals surface area contributed by atoms with Crippen LogP contribution in [-0.2, 0) is 4.74 Å². The minimum Gasteiger partial charge on any atom is -0.444 e. The number of amides is 1. The third-order valence-corrected chi connectivity index (χ3v) is 4.23. The first-order valence-corrected chi connectivity index (χ1v) is 8.11. The number of rotatable bonds is 1. The Morgan fingerprint density at radius 3 is 2.18 bits per heavy atom. The fraction of sp³-hybridized carbons (Fsp3) is 0.562. The maximum Gasteiger partial charge on any atom is 0.410 e. The zero-order valence-electron chi connectivity index (χ0n) is 13.4. The molecule has 1 heterocycles. The Morgan fingerprint density at radius 2 is 1.64 bits per heavy atom. The van der Waals surface area contributed by atoms with Crippen molar-refractivity contribution in [3.63, 3.8) is 0 Å². The summed E-state index contributed by atoms with van der Waals surface area (Å²) in [6.07, 6.45) is -0.252. The molecule has 4 nitrogen and oxygen atoms in total. The third kappa shape index (κ3) is 4.20. The first-order chi connectivity index (χ1) is 10.2. The summed E-state index contributed by atoms with van der Waals surface area (Å²) < 4.78 is 5.41. The monoisotopic (exact) mass is 344 g/mol. The van der Waals surface area contributed by atoms with Crippen LogP contribution >= 0.6 is 23.2 Å². The van der Waals surface area contributed by atoms with Crippen molar-refractivity contribution in [1.29, 1.82) is 0 Å². The lowest BCUT2D eigenvalue weighted by Gasteiger charge is -2.37. The number of piperazine rings is 1. The van der Waals surface area contributed by atoms with E-state index >= 15 is 0 Å². The van der Waals surface area contributed by atoms with Crippen molar-refractivity contribution < 1.29 is 9.53 Å². The van der Waals surface area contributed by atoms with E-state index in [2.05, 4.69) is 4.90 Å². The number of benzene rings is 1. The second kappa shape index (κ2) is 6.55. The highest BCUT2D eigenvalue weighted by Crippen LogP contribution is 2.31. The number of anilines is 1. The largest absolute Gasteiger partial charge is 0.444 e. The number of nitrogens with zero attached hydrogens (tertiary/aromatic N) is 2.